The smallest absolute Gasteiger partial charge is 0.231 e. The van der Waals surface area contributed by atoms with Gasteiger partial charge in [-0.2, -0.15) is 0 Å². The van der Waals surface area contributed by atoms with Crippen molar-refractivity contribution in [2.24, 2.45) is 23.5 Å². The van der Waals surface area contributed by atoms with E-state index in [1.54, 1.807) is 7.11 Å². The van der Waals surface area contributed by atoms with Crippen molar-refractivity contribution in [3.8, 4) is 17.0 Å². The largest absolute Gasteiger partial charge is 0.497 e. The van der Waals surface area contributed by atoms with Crippen LogP contribution < -0.4 is 15.4 Å². The first-order chi connectivity index (χ1) is 16.0. The standard InChI is InChI=1S/C24H32N6O3/c1-33-20-4-2-16(3-5-20)22-15-30(27-26-22)13-19-12-18-8-11-29(19)14-21(18)24(32)28-9-6-17(7-10-28)23(25)31/h2-5,15,17-19,21H,6-14H2,1H3,(H2,25,31)/p+1/t18-,19+,21-/m0/s1. The molecule has 2 amide bonds. The summed E-state index contributed by atoms with van der Waals surface area (Å²) >= 11 is 0. The van der Waals surface area contributed by atoms with Crippen LogP contribution in [0.4, 0.5) is 0 Å². The number of amides is 2. The maximum atomic E-state index is 13.3. The number of quaternary nitrogens is 1. The minimum absolute atomic E-state index is 0.0823. The van der Waals surface area contributed by atoms with Gasteiger partial charge in [-0.25, -0.2) is 4.68 Å². The van der Waals surface area contributed by atoms with Crippen LogP contribution in [-0.2, 0) is 16.1 Å². The van der Waals surface area contributed by atoms with Gasteiger partial charge < -0.3 is 20.3 Å². The van der Waals surface area contributed by atoms with Crippen LogP contribution in [0.1, 0.15) is 25.7 Å². The van der Waals surface area contributed by atoms with Crippen molar-refractivity contribution >= 4 is 11.8 Å². The van der Waals surface area contributed by atoms with Crippen molar-refractivity contribution in [1.29, 1.82) is 0 Å². The number of benzene rings is 1. The Morgan fingerprint density at radius 1 is 1.18 bits per heavy atom. The topological polar surface area (TPSA) is 108 Å². The summed E-state index contributed by atoms with van der Waals surface area (Å²) in [4.78, 5) is 28.2. The lowest BCUT2D eigenvalue weighted by Crippen LogP contribution is -3.20. The lowest BCUT2D eigenvalue weighted by molar-refractivity contribution is -0.945. The molecule has 0 aliphatic carbocycles. The number of ether oxygens (including phenoxy) is 1. The molecule has 1 aromatic carbocycles. The summed E-state index contributed by atoms with van der Waals surface area (Å²) in [5.41, 5.74) is 7.32. The number of nitrogens with one attached hydrogen (secondary N) is 1. The molecule has 9 heteroatoms. The fourth-order valence-electron chi connectivity index (χ4n) is 5.93. The second-order valence-corrected chi connectivity index (χ2v) is 9.76. The number of aromatic nitrogens is 3. The van der Waals surface area contributed by atoms with Crippen LogP contribution in [-0.4, -0.2) is 71.0 Å². The van der Waals surface area contributed by atoms with Gasteiger partial charge in [0, 0.05) is 37.4 Å². The number of carbonyl (C=O) groups is 2. The van der Waals surface area contributed by atoms with Crippen LogP contribution in [0.25, 0.3) is 11.3 Å². The summed E-state index contributed by atoms with van der Waals surface area (Å²) < 4.78 is 7.18. The Labute approximate surface area is 193 Å². The zero-order valence-electron chi connectivity index (χ0n) is 19.2. The average Bonchev–Trinajstić information content (AvgIpc) is 3.32. The lowest BCUT2D eigenvalue weighted by Gasteiger charge is -2.47. The van der Waals surface area contributed by atoms with E-state index < -0.39 is 0 Å². The van der Waals surface area contributed by atoms with Crippen LogP contribution in [0.2, 0.25) is 0 Å². The molecule has 33 heavy (non-hydrogen) atoms. The van der Waals surface area contributed by atoms with Crippen LogP contribution in [0.15, 0.2) is 30.5 Å². The fraction of sp³-hybridized carbons (Fsp3) is 0.583. The number of primary amides is 1. The summed E-state index contributed by atoms with van der Waals surface area (Å²) in [5.74, 6) is 1.31. The molecule has 4 aliphatic heterocycles. The Morgan fingerprint density at radius 3 is 2.58 bits per heavy atom. The molecular formula is C24H33N6O3+. The molecule has 1 aromatic heterocycles. The summed E-state index contributed by atoms with van der Waals surface area (Å²) in [5, 5.41) is 8.73. The van der Waals surface area contributed by atoms with E-state index >= 15 is 0 Å². The second kappa shape index (κ2) is 9.13. The fourth-order valence-corrected chi connectivity index (χ4v) is 5.93. The van der Waals surface area contributed by atoms with Crippen molar-refractivity contribution in [2.45, 2.75) is 38.3 Å². The van der Waals surface area contributed by atoms with Gasteiger partial charge in [0.25, 0.3) is 0 Å². The van der Waals surface area contributed by atoms with E-state index in [4.69, 9.17) is 10.5 Å². The lowest BCUT2D eigenvalue weighted by atomic mass is 9.74. The molecule has 9 nitrogen and oxygen atoms in total. The molecule has 2 aromatic rings. The van der Waals surface area contributed by atoms with Crippen LogP contribution >= 0.6 is 0 Å². The van der Waals surface area contributed by atoms with E-state index in [0.29, 0.717) is 37.9 Å². The molecule has 4 atom stereocenters. The Morgan fingerprint density at radius 2 is 1.94 bits per heavy atom. The number of rotatable bonds is 6. The third-order valence-corrected chi connectivity index (χ3v) is 7.91. The Kier molecular flexibility index (Phi) is 6.05. The van der Waals surface area contributed by atoms with Gasteiger partial charge in [0.15, 0.2) is 0 Å². The quantitative estimate of drug-likeness (QED) is 0.639. The van der Waals surface area contributed by atoms with E-state index in [9.17, 15) is 9.59 Å². The number of carbonyl (C=O) groups excluding carboxylic acids is 2. The van der Waals surface area contributed by atoms with Gasteiger partial charge >= 0.3 is 0 Å². The van der Waals surface area contributed by atoms with E-state index in [-0.39, 0.29) is 23.7 Å². The van der Waals surface area contributed by atoms with Gasteiger partial charge in [0.2, 0.25) is 11.8 Å². The predicted molar refractivity (Wildman–Crippen MR) is 121 cm³/mol. The number of likely N-dealkylation sites (tertiary alicyclic amines) is 1. The summed E-state index contributed by atoms with van der Waals surface area (Å²) in [7, 11) is 1.66. The third-order valence-electron chi connectivity index (χ3n) is 7.91. The first-order valence-electron chi connectivity index (χ1n) is 12.0. The number of nitrogens with two attached hydrogens (primary N) is 1. The molecule has 176 valence electrons. The van der Waals surface area contributed by atoms with Gasteiger partial charge in [0.05, 0.1) is 38.9 Å². The number of hydrogen-bond donors (Lipinski definition) is 2. The predicted octanol–water partition coefficient (Wildman–Crippen LogP) is -0.0291. The first-order valence-corrected chi connectivity index (χ1v) is 12.0. The van der Waals surface area contributed by atoms with E-state index in [1.165, 1.54) is 4.90 Å². The first kappa shape index (κ1) is 21.9. The number of fused-ring (bicyclic) bond motifs is 3. The molecule has 1 unspecified atom stereocenters. The zero-order valence-corrected chi connectivity index (χ0v) is 19.2. The Hall–Kier alpha value is -2.94. The van der Waals surface area contributed by atoms with Crippen molar-refractivity contribution < 1.29 is 19.2 Å². The molecule has 0 radical (unpaired) electrons. The molecule has 0 spiro atoms. The van der Waals surface area contributed by atoms with Gasteiger partial charge in [-0.05, 0) is 43.0 Å². The van der Waals surface area contributed by atoms with Crippen LogP contribution in [0.3, 0.4) is 0 Å². The highest BCUT2D eigenvalue weighted by Gasteiger charge is 2.48. The summed E-state index contributed by atoms with van der Waals surface area (Å²) in [6.45, 7) is 4.13. The van der Waals surface area contributed by atoms with Gasteiger partial charge in [0.1, 0.15) is 17.5 Å². The maximum absolute atomic E-state index is 13.3. The van der Waals surface area contributed by atoms with Crippen molar-refractivity contribution in [2.75, 3.05) is 33.3 Å². The van der Waals surface area contributed by atoms with Crippen LogP contribution in [0.5, 0.6) is 5.75 Å². The molecule has 2 bridgehead atoms. The number of piperidine rings is 4. The molecule has 4 fully saturated rings. The third kappa shape index (κ3) is 4.46. The molecule has 4 aliphatic rings. The second-order valence-electron chi connectivity index (χ2n) is 9.76. The summed E-state index contributed by atoms with van der Waals surface area (Å²) in [6.07, 6.45) is 5.55. The minimum Gasteiger partial charge on any atom is -0.497 e. The van der Waals surface area contributed by atoms with E-state index in [0.717, 1.165) is 49.5 Å². The maximum Gasteiger partial charge on any atom is 0.231 e. The van der Waals surface area contributed by atoms with Gasteiger partial charge in [-0.1, -0.05) is 5.21 Å². The van der Waals surface area contributed by atoms with Gasteiger partial charge in [-0.3, -0.25) is 9.59 Å². The molecule has 5 heterocycles. The molecule has 3 N–H and O–H groups in total. The average molecular weight is 454 g/mol. The molecule has 6 rings (SSSR count). The highest BCUT2D eigenvalue weighted by molar-refractivity contribution is 5.80. The van der Waals surface area contributed by atoms with Crippen LogP contribution in [0, 0.1) is 17.8 Å². The normalized spacial score (nSPS) is 27.5. The highest BCUT2D eigenvalue weighted by atomic mass is 16.5. The molecular weight excluding hydrogens is 420 g/mol. The number of methoxy groups -OCH3 is 1. The SMILES string of the molecule is COc1ccc(-c2cn(C[C@H]3C[C@@H]4CC[NH+]3C[C@@H]4C(=O)N3CCC(C(N)=O)CC3)nn2)cc1. The Balaban J connectivity index is 1.18. The van der Waals surface area contributed by atoms with Crippen molar-refractivity contribution in [3.05, 3.63) is 30.5 Å². The zero-order chi connectivity index (χ0) is 22.9. The number of hydrogen-bond acceptors (Lipinski definition) is 5. The number of nitrogens with zero attached hydrogens (tertiary/aromatic N) is 4. The monoisotopic (exact) mass is 453 g/mol. The summed E-state index contributed by atoms with van der Waals surface area (Å²) in [6, 6.07) is 8.30. The molecule has 0 saturated carbocycles. The highest BCUT2D eigenvalue weighted by Crippen LogP contribution is 2.30. The molecule has 4 saturated heterocycles. The minimum atomic E-state index is -0.236. The van der Waals surface area contributed by atoms with Gasteiger partial charge in [-0.15, -0.1) is 5.10 Å². The van der Waals surface area contributed by atoms with E-state index in [2.05, 4.69) is 10.3 Å². The van der Waals surface area contributed by atoms with Crippen molar-refractivity contribution in [1.82, 2.24) is 19.9 Å². The van der Waals surface area contributed by atoms with Crippen molar-refractivity contribution in [3.63, 3.8) is 0 Å². The Bertz CT molecular complexity index is 998. The van der Waals surface area contributed by atoms with E-state index in [1.807, 2.05) is 40.0 Å².